The van der Waals surface area contributed by atoms with E-state index < -0.39 is 30.0 Å². The summed E-state index contributed by atoms with van der Waals surface area (Å²) in [6.07, 6.45) is 26.0. The van der Waals surface area contributed by atoms with E-state index >= 15 is 0 Å². The molecule has 0 spiro atoms. The van der Waals surface area contributed by atoms with Crippen molar-refractivity contribution in [2.75, 3.05) is 148 Å². The molecule has 16 rings (SSSR count). The number of methoxy groups -OCH3 is 2. The number of nitrogens with zero attached hydrogens (tertiary/aromatic N) is 19. The normalized spacial score (nSPS) is 17.7. The van der Waals surface area contributed by atoms with Gasteiger partial charge in [-0.05, 0) is 155 Å². The number of alkyl halides is 1. The molecule has 8 aromatic heterocycles. The van der Waals surface area contributed by atoms with Gasteiger partial charge >= 0.3 is 110 Å². The fourth-order valence-corrected chi connectivity index (χ4v) is 15.7. The molecule has 0 unspecified atom stereocenters. The number of ether oxygens (including phenoxy) is 2. The molecule has 0 saturated carbocycles. The molecule has 6 saturated heterocycles. The molecule has 14 heterocycles. The number of carbonyl (C=O) groups is 4. The van der Waals surface area contributed by atoms with Gasteiger partial charge in [-0.2, -0.15) is 15.3 Å². The van der Waals surface area contributed by atoms with Gasteiger partial charge in [0.15, 0.2) is 40.1 Å². The first-order valence-electron chi connectivity index (χ1n) is 36.8. The van der Waals surface area contributed by atoms with Gasteiger partial charge in [0.25, 0.3) is 6.47 Å². The molecule has 6 fully saturated rings. The average Bonchev–Trinajstić information content (AvgIpc) is 1.58. The Labute approximate surface area is 762 Å². The van der Waals surface area contributed by atoms with Crippen molar-refractivity contribution in [2.45, 2.75) is 95.5 Å². The maximum atomic E-state index is 14.2. The maximum absolute atomic E-state index is 14.2. The molecular weight excluding hydrogens is 1660 g/mol. The molecule has 3 amide bonds. The number of hydrogen-bond acceptors (Lipinski definition) is 24. The zero-order chi connectivity index (χ0) is 78.8. The zero-order valence-corrected chi connectivity index (χ0v) is 75.7. The molecule has 2 aromatic carbocycles. The van der Waals surface area contributed by atoms with Crippen LogP contribution in [-0.2, 0) is 33.4 Å². The van der Waals surface area contributed by atoms with E-state index in [-0.39, 0.29) is 152 Å². The Hall–Kier alpha value is -5.79. The first kappa shape index (κ1) is 89.6. The minimum absolute atomic E-state index is 0. The Balaban J connectivity index is 0.000000173. The SMILES string of the molecule is CN1CCN(C2CCN(c3cnc4c(Br)cnn4c3)CC2)C(=O)C1.CNCCN(C(=O)CCl)C1CCN(c2cnc3c(Br)cnn3c2)CC1.COc1cc2c(-c3cnn4cc(N5CCC(N6CCN(C)CC6=O)CC5)cnc34)ccnc2cc1F.COc1cc2c(B3OC(C)(C)C(C)(C)O3)ccnc2cc1F.O=CO[O-].[H-].[K+].[K+]. The maximum Gasteiger partial charge on any atom is 1.00 e. The number of piperazine rings is 2. The van der Waals surface area contributed by atoms with E-state index in [4.69, 9.17) is 45.4 Å². The van der Waals surface area contributed by atoms with Gasteiger partial charge in [0.1, 0.15) is 5.88 Å². The van der Waals surface area contributed by atoms with Crippen molar-refractivity contribution in [3.05, 3.63) is 125 Å². The van der Waals surface area contributed by atoms with Crippen molar-refractivity contribution in [1.82, 2.24) is 83.6 Å². The summed E-state index contributed by atoms with van der Waals surface area (Å²) in [6.45, 7) is 19.3. The average molecular weight is 1760 g/mol. The molecule has 113 heavy (non-hydrogen) atoms. The third-order valence-electron chi connectivity index (χ3n) is 21.6. The van der Waals surface area contributed by atoms with Gasteiger partial charge in [0.05, 0.1) is 131 Å². The number of anilines is 3. The molecule has 38 heteroatoms. The number of benzene rings is 2. The predicted octanol–water partition coefficient (Wildman–Crippen LogP) is 1.05. The first-order chi connectivity index (χ1) is 53.4. The third kappa shape index (κ3) is 21.0. The van der Waals surface area contributed by atoms with Crippen molar-refractivity contribution < 1.29 is 161 Å². The van der Waals surface area contributed by atoms with Crippen molar-refractivity contribution in [3.63, 3.8) is 0 Å². The standard InChI is InChI=1S/C26H28FN7O2.C16H19BFNO3.C16H22BrClN6O.C16H21BrN6O.CH2O3.2K.H/c1-31-9-10-33(25(35)16-31)17-4-7-32(8-5-17)18-13-29-26-21(14-30-34(26)15-18)19-3-6-28-23-12-22(27)24(36-2)11-20(19)23;1-15(2)16(3,4)22-17(21-15)11-6-7-19-13-9-12(18)14(20-5)8-10(11)13;1-19-4-7-23(15(25)8-18)12-2-5-22(6-3-12)13-9-20-16-14(17)10-21-24(16)11-13;1-20-6-7-22(15(24)11-20)12-2-4-21(5-3-12)13-8-18-16-14(17)9-19-23(16)10-13;2-1-4-3;;;/h3,6,11-15,17H,4-5,7-10,16H2,1-2H3;6-9H,1-5H3;9-12,19H,2-8H2,1H3;8-10,12H,2-7,11H2,1H3;1,3H;;;/q;;;;;2*+1;-1/p-1. The largest absolute Gasteiger partial charge is 1.00 e. The molecule has 0 radical (unpaired) electrons. The summed E-state index contributed by atoms with van der Waals surface area (Å²) in [4.78, 5) is 87.5. The molecule has 0 atom stereocenters. The van der Waals surface area contributed by atoms with Gasteiger partial charge in [0.2, 0.25) is 17.7 Å². The first-order valence-corrected chi connectivity index (χ1v) is 38.9. The van der Waals surface area contributed by atoms with Gasteiger partial charge in [-0.15, -0.1) is 11.6 Å². The van der Waals surface area contributed by atoms with Crippen molar-refractivity contribution in [2.24, 2.45) is 0 Å². The topological polar surface area (TPSA) is 292 Å². The van der Waals surface area contributed by atoms with Gasteiger partial charge in [-0.1, -0.05) is 0 Å². The van der Waals surface area contributed by atoms with E-state index in [1.165, 1.54) is 26.4 Å². The van der Waals surface area contributed by atoms with Crippen molar-refractivity contribution in [1.29, 1.82) is 0 Å². The van der Waals surface area contributed by atoms with Crippen LogP contribution >= 0.6 is 43.5 Å². The summed E-state index contributed by atoms with van der Waals surface area (Å²) in [7, 11) is 8.26. The number of pyridine rings is 2. The number of halogens is 5. The van der Waals surface area contributed by atoms with Crippen molar-refractivity contribution >= 4 is 136 Å². The molecule has 592 valence electrons. The minimum Gasteiger partial charge on any atom is -1.00 e. The predicted molar refractivity (Wildman–Crippen MR) is 424 cm³/mol. The quantitative estimate of drug-likeness (QED) is 0.0493. The molecule has 0 aliphatic carbocycles. The molecule has 6 aliphatic rings. The fraction of sp³-hybridized carbons (Fsp3) is 0.467. The van der Waals surface area contributed by atoms with E-state index in [1.54, 1.807) is 56.7 Å². The second kappa shape index (κ2) is 40.6. The van der Waals surface area contributed by atoms with Crippen LogP contribution in [0.5, 0.6) is 11.5 Å². The number of piperidine rings is 3. The smallest absolute Gasteiger partial charge is 1.00 e. The van der Waals surface area contributed by atoms with E-state index in [1.807, 2.05) is 103 Å². The van der Waals surface area contributed by atoms with Crippen LogP contribution in [0.3, 0.4) is 0 Å². The van der Waals surface area contributed by atoms with Crippen LogP contribution in [0.15, 0.2) is 114 Å². The van der Waals surface area contributed by atoms with Gasteiger partial charge in [-0.25, -0.2) is 37.3 Å². The minimum atomic E-state index is -0.523. The molecule has 30 nitrogen and oxygen atoms in total. The second-order valence-corrected chi connectivity index (χ2v) is 30.9. The summed E-state index contributed by atoms with van der Waals surface area (Å²) in [5.74, 6) is 0.0264. The number of rotatable bonds is 15. The molecule has 0 bridgehead atoms. The number of hydrogen-bond donors (Lipinski definition) is 1. The van der Waals surface area contributed by atoms with E-state index in [0.29, 0.717) is 48.4 Å². The summed E-state index contributed by atoms with van der Waals surface area (Å²) in [5, 5.41) is 26.2. The summed E-state index contributed by atoms with van der Waals surface area (Å²) in [6, 6.07) is 10.7. The van der Waals surface area contributed by atoms with Gasteiger partial charge in [-0.3, -0.25) is 38.9 Å². The molecular formula is C75H92BBr2ClF2K2N20O10. The Morgan fingerprint density at radius 3 is 1.50 bits per heavy atom. The number of nitrogens with one attached hydrogen (secondary N) is 1. The van der Waals surface area contributed by atoms with E-state index in [9.17, 15) is 23.2 Å². The van der Waals surface area contributed by atoms with E-state index in [0.717, 1.165) is 175 Å². The number of amides is 3. The second-order valence-electron chi connectivity index (χ2n) is 29.0. The van der Waals surface area contributed by atoms with Gasteiger partial charge < -0.3 is 65.1 Å². The van der Waals surface area contributed by atoms with Crippen LogP contribution in [0.4, 0.5) is 25.8 Å². The van der Waals surface area contributed by atoms with Crippen LogP contribution in [-0.4, -0.2) is 272 Å². The number of aromatic nitrogens is 11. The Morgan fingerprint density at radius 1 is 0.637 bits per heavy atom. The number of carbonyl (C=O) groups excluding carboxylic acids is 4. The summed E-state index contributed by atoms with van der Waals surface area (Å²) in [5.41, 5.74) is 8.25. The van der Waals surface area contributed by atoms with E-state index in [2.05, 4.69) is 112 Å². The Kier molecular flexibility index (Phi) is 32.2. The Morgan fingerprint density at radius 2 is 1.06 bits per heavy atom. The summed E-state index contributed by atoms with van der Waals surface area (Å²) < 4.78 is 57.6. The molecule has 6 aliphatic heterocycles. The van der Waals surface area contributed by atoms with Crippen LogP contribution < -0.4 is 143 Å². The van der Waals surface area contributed by atoms with Gasteiger partial charge in [0, 0.05) is 138 Å². The molecule has 10 aromatic rings. The van der Waals surface area contributed by atoms with Crippen LogP contribution in [0.25, 0.3) is 49.9 Å². The summed E-state index contributed by atoms with van der Waals surface area (Å²) >= 11 is 12.7. The third-order valence-corrected chi connectivity index (χ3v) is 22.9. The zero-order valence-electron chi connectivity index (χ0n) is 66.5. The van der Waals surface area contributed by atoms with Crippen LogP contribution in [0, 0.1) is 11.6 Å². The number of fused-ring (bicyclic) bond motifs is 5. The Bertz CT molecular complexity index is 4940. The monoisotopic (exact) mass is 1750 g/mol. The van der Waals surface area contributed by atoms with Crippen molar-refractivity contribution in [3.8, 4) is 22.6 Å². The number of likely N-dealkylation sites (N-methyl/N-ethyl adjacent to an activating group) is 3. The van der Waals surface area contributed by atoms with Crippen LogP contribution in [0.1, 0.15) is 67.6 Å². The fourth-order valence-electron chi connectivity index (χ4n) is 14.8. The van der Waals surface area contributed by atoms with Crippen LogP contribution in [0.2, 0.25) is 0 Å². The molecule has 1 N–H and O–H groups in total.